The molecule has 0 saturated carbocycles. The molecular weight excluding hydrogens is 294 g/mol. The van der Waals surface area contributed by atoms with E-state index in [9.17, 15) is 14.9 Å². The molecule has 1 N–H and O–H groups in total. The summed E-state index contributed by atoms with van der Waals surface area (Å²) in [6.45, 7) is 7.69. The number of carbonyl (C=O) groups is 1. The number of benzene rings is 1. The van der Waals surface area contributed by atoms with Crippen molar-refractivity contribution in [1.82, 2.24) is 5.32 Å². The fourth-order valence-corrected chi connectivity index (χ4v) is 2.90. The van der Waals surface area contributed by atoms with E-state index in [1.165, 1.54) is 6.07 Å². The average molecular weight is 319 g/mol. The third-order valence-corrected chi connectivity index (χ3v) is 4.42. The Kier molecular flexibility index (Phi) is 5.58. The molecule has 0 aromatic heterocycles. The first-order valence-electron chi connectivity index (χ1n) is 8.26. The number of carbonyl (C=O) groups excluding carboxylic acids is 1. The molecule has 0 radical (unpaired) electrons. The van der Waals surface area contributed by atoms with Crippen molar-refractivity contribution in [2.24, 2.45) is 5.92 Å². The molecule has 126 valence electrons. The molecule has 1 amide bonds. The number of nitro groups is 1. The zero-order valence-electron chi connectivity index (χ0n) is 14.0. The van der Waals surface area contributed by atoms with Gasteiger partial charge in [-0.2, -0.15) is 0 Å². The maximum absolute atomic E-state index is 12.2. The molecule has 1 aliphatic heterocycles. The topological polar surface area (TPSA) is 75.5 Å². The van der Waals surface area contributed by atoms with Crippen molar-refractivity contribution in [2.75, 3.05) is 18.0 Å². The number of nitrogens with one attached hydrogen (secondary N) is 1. The summed E-state index contributed by atoms with van der Waals surface area (Å²) in [7, 11) is 0. The van der Waals surface area contributed by atoms with E-state index in [0.717, 1.165) is 32.4 Å². The molecule has 1 fully saturated rings. The highest BCUT2D eigenvalue weighted by Gasteiger charge is 2.25. The molecule has 0 spiro atoms. The maximum atomic E-state index is 12.2. The summed E-state index contributed by atoms with van der Waals surface area (Å²) < 4.78 is 0. The molecule has 1 heterocycles. The quantitative estimate of drug-likeness (QED) is 0.667. The van der Waals surface area contributed by atoms with Gasteiger partial charge in [-0.1, -0.05) is 13.8 Å². The molecule has 0 unspecified atom stereocenters. The Morgan fingerprint density at radius 2 is 2.26 bits per heavy atom. The van der Waals surface area contributed by atoms with Gasteiger partial charge in [0.25, 0.3) is 11.6 Å². The molecule has 2 rings (SSSR count). The Morgan fingerprint density at radius 3 is 2.87 bits per heavy atom. The molecule has 1 saturated heterocycles. The molecule has 23 heavy (non-hydrogen) atoms. The van der Waals surface area contributed by atoms with Crippen LogP contribution >= 0.6 is 0 Å². The molecule has 2 atom stereocenters. The minimum absolute atomic E-state index is 0.0101. The van der Waals surface area contributed by atoms with Crippen molar-refractivity contribution in [1.29, 1.82) is 0 Å². The highest BCUT2D eigenvalue weighted by Crippen LogP contribution is 2.32. The summed E-state index contributed by atoms with van der Waals surface area (Å²) >= 11 is 0. The van der Waals surface area contributed by atoms with Crippen molar-refractivity contribution in [3.63, 3.8) is 0 Å². The van der Waals surface area contributed by atoms with E-state index in [1.807, 2.05) is 13.8 Å². The smallest absolute Gasteiger partial charge is 0.293 e. The average Bonchev–Trinajstić information content (AvgIpc) is 2.54. The molecule has 6 heteroatoms. The first-order chi connectivity index (χ1) is 10.9. The number of hydrogen-bond donors (Lipinski definition) is 1. The van der Waals surface area contributed by atoms with Gasteiger partial charge in [-0.05, 0) is 44.2 Å². The Hall–Kier alpha value is -2.11. The predicted molar refractivity (Wildman–Crippen MR) is 90.9 cm³/mol. The van der Waals surface area contributed by atoms with Gasteiger partial charge >= 0.3 is 0 Å². The normalized spacial score (nSPS) is 19.3. The van der Waals surface area contributed by atoms with Crippen LogP contribution < -0.4 is 10.2 Å². The van der Waals surface area contributed by atoms with Crippen LogP contribution in [0, 0.1) is 16.0 Å². The fraction of sp³-hybridized carbons (Fsp3) is 0.588. The van der Waals surface area contributed by atoms with Crippen molar-refractivity contribution in [2.45, 2.75) is 46.1 Å². The van der Waals surface area contributed by atoms with Gasteiger partial charge in [0, 0.05) is 30.8 Å². The van der Waals surface area contributed by atoms with Crippen LogP contribution in [0.4, 0.5) is 11.4 Å². The minimum Gasteiger partial charge on any atom is -0.366 e. The third kappa shape index (κ3) is 4.21. The number of piperidine rings is 1. The lowest BCUT2D eigenvalue weighted by atomic mass is 9.99. The molecule has 1 aromatic carbocycles. The number of hydrogen-bond acceptors (Lipinski definition) is 4. The third-order valence-electron chi connectivity index (χ3n) is 4.42. The van der Waals surface area contributed by atoms with Gasteiger partial charge in [0.1, 0.15) is 5.69 Å². The van der Waals surface area contributed by atoms with Crippen LogP contribution in [0.15, 0.2) is 18.2 Å². The molecule has 0 aliphatic carbocycles. The van der Waals surface area contributed by atoms with Gasteiger partial charge in [-0.15, -0.1) is 0 Å². The van der Waals surface area contributed by atoms with Crippen molar-refractivity contribution < 1.29 is 9.72 Å². The van der Waals surface area contributed by atoms with Gasteiger partial charge in [0.15, 0.2) is 0 Å². The van der Waals surface area contributed by atoms with Gasteiger partial charge in [-0.3, -0.25) is 14.9 Å². The largest absolute Gasteiger partial charge is 0.366 e. The molecule has 6 nitrogen and oxygen atoms in total. The molecular formula is C17H25N3O3. The summed E-state index contributed by atoms with van der Waals surface area (Å²) in [5, 5.41) is 14.3. The van der Waals surface area contributed by atoms with E-state index in [4.69, 9.17) is 0 Å². The first-order valence-corrected chi connectivity index (χ1v) is 8.26. The van der Waals surface area contributed by atoms with Crippen LogP contribution in [0.5, 0.6) is 0 Å². The summed E-state index contributed by atoms with van der Waals surface area (Å²) in [6.07, 6.45) is 3.01. The number of nitrogens with zero attached hydrogens (tertiary/aromatic N) is 2. The van der Waals surface area contributed by atoms with Crippen LogP contribution in [0.3, 0.4) is 0 Å². The van der Waals surface area contributed by atoms with Gasteiger partial charge in [-0.25, -0.2) is 0 Å². The van der Waals surface area contributed by atoms with Crippen LogP contribution in [-0.2, 0) is 0 Å². The van der Waals surface area contributed by atoms with E-state index in [-0.39, 0.29) is 17.6 Å². The van der Waals surface area contributed by atoms with Crippen LogP contribution in [-0.4, -0.2) is 30.0 Å². The van der Waals surface area contributed by atoms with Crippen LogP contribution in [0.25, 0.3) is 0 Å². The monoisotopic (exact) mass is 319 g/mol. The second kappa shape index (κ2) is 7.44. The Labute approximate surface area is 137 Å². The highest BCUT2D eigenvalue weighted by atomic mass is 16.6. The lowest BCUT2D eigenvalue weighted by molar-refractivity contribution is -0.384. The zero-order valence-corrected chi connectivity index (χ0v) is 14.0. The second-order valence-electron chi connectivity index (χ2n) is 6.44. The van der Waals surface area contributed by atoms with E-state index in [2.05, 4.69) is 17.1 Å². The zero-order chi connectivity index (χ0) is 17.0. The van der Waals surface area contributed by atoms with Gasteiger partial charge in [0.2, 0.25) is 0 Å². The predicted octanol–water partition coefficient (Wildman–Crippen LogP) is 3.36. The molecule has 1 aromatic rings. The number of anilines is 1. The van der Waals surface area contributed by atoms with Gasteiger partial charge < -0.3 is 10.2 Å². The lowest BCUT2D eigenvalue weighted by Gasteiger charge is -2.32. The summed E-state index contributed by atoms with van der Waals surface area (Å²) in [5.41, 5.74) is 0.961. The Balaban J connectivity index is 2.28. The molecule has 0 bridgehead atoms. The number of nitro benzene ring substituents is 1. The lowest BCUT2D eigenvalue weighted by Crippen LogP contribution is -2.35. The van der Waals surface area contributed by atoms with Crippen molar-refractivity contribution >= 4 is 17.3 Å². The maximum Gasteiger partial charge on any atom is 0.293 e. The summed E-state index contributed by atoms with van der Waals surface area (Å²) in [6, 6.07) is 4.83. The number of rotatable bonds is 5. The summed E-state index contributed by atoms with van der Waals surface area (Å²) in [4.78, 5) is 25.3. The van der Waals surface area contributed by atoms with E-state index >= 15 is 0 Å². The number of amides is 1. The molecule has 1 aliphatic rings. The SMILES string of the molecule is CC[C@@H](C)NC(=O)c1ccc(N2CCC[C@H](C)C2)c([N+](=O)[O-])c1. The highest BCUT2D eigenvalue weighted by molar-refractivity contribution is 5.96. The fourth-order valence-electron chi connectivity index (χ4n) is 2.90. The standard InChI is InChI=1S/C17H25N3O3/c1-4-13(3)18-17(21)14-7-8-15(16(10-14)20(22)23)19-9-5-6-12(2)11-19/h7-8,10,12-13H,4-6,9,11H2,1-3H3,(H,18,21)/t12-,13+/m0/s1. The van der Waals surface area contributed by atoms with E-state index in [0.29, 0.717) is 17.2 Å². The van der Waals surface area contributed by atoms with Crippen molar-refractivity contribution in [3.8, 4) is 0 Å². The van der Waals surface area contributed by atoms with Crippen molar-refractivity contribution in [3.05, 3.63) is 33.9 Å². The first kappa shape index (κ1) is 17.2. The van der Waals surface area contributed by atoms with Crippen LogP contribution in [0.1, 0.15) is 50.4 Å². The van der Waals surface area contributed by atoms with Crippen LogP contribution in [0.2, 0.25) is 0 Å². The second-order valence-corrected chi connectivity index (χ2v) is 6.44. The Morgan fingerprint density at radius 1 is 1.52 bits per heavy atom. The van der Waals surface area contributed by atoms with Gasteiger partial charge in [0.05, 0.1) is 4.92 Å². The van der Waals surface area contributed by atoms with E-state index in [1.54, 1.807) is 12.1 Å². The minimum atomic E-state index is -0.394. The Bertz CT molecular complexity index is 588. The van der Waals surface area contributed by atoms with E-state index < -0.39 is 4.92 Å². The summed E-state index contributed by atoms with van der Waals surface area (Å²) in [5.74, 6) is 0.262.